The lowest BCUT2D eigenvalue weighted by Gasteiger charge is -2.24. The van der Waals surface area contributed by atoms with Gasteiger partial charge in [0.05, 0.1) is 6.10 Å². The van der Waals surface area contributed by atoms with E-state index in [1.165, 1.54) is 56.4 Å². The number of anilines is 1. The first-order chi connectivity index (χ1) is 10.4. The van der Waals surface area contributed by atoms with Crippen LogP contribution in [0.3, 0.4) is 0 Å². The van der Waals surface area contributed by atoms with Crippen molar-refractivity contribution in [2.45, 2.75) is 50.8 Å². The summed E-state index contributed by atoms with van der Waals surface area (Å²) < 4.78 is 5.94. The molecule has 1 aromatic rings. The summed E-state index contributed by atoms with van der Waals surface area (Å²) in [5.74, 6) is 0.832. The van der Waals surface area contributed by atoms with Gasteiger partial charge in [0.25, 0.3) is 0 Å². The average Bonchev–Trinajstić information content (AvgIpc) is 3.04. The standard InChI is InChI=1S/C18H26N2O/c1-2-6-17(20-10-3-4-11-20)15(5-1)13-19-16-9-12-21-18(16)14-7-8-14/h1-2,5-6,14,16,18-19H,3-4,7-13H2. The Balaban J connectivity index is 1.42. The van der Waals surface area contributed by atoms with E-state index in [-0.39, 0.29) is 0 Å². The van der Waals surface area contributed by atoms with E-state index in [2.05, 4.69) is 34.5 Å². The van der Waals surface area contributed by atoms with Crippen molar-refractivity contribution < 1.29 is 4.74 Å². The van der Waals surface area contributed by atoms with Crippen molar-refractivity contribution in [2.75, 3.05) is 24.6 Å². The molecule has 2 unspecified atom stereocenters. The number of nitrogens with zero attached hydrogens (tertiary/aromatic N) is 1. The van der Waals surface area contributed by atoms with E-state index in [4.69, 9.17) is 4.74 Å². The number of benzene rings is 1. The second-order valence-corrected chi connectivity index (χ2v) is 6.77. The Hall–Kier alpha value is -1.06. The Labute approximate surface area is 127 Å². The minimum Gasteiger partial charge on any atom is -0.376 e. The Morgan fingerprint density at radius 1 is 1.10 bits per heavy atom. The average molecular weight is 286 g/mol. The molecule has 1 saturated carbocycles. The van der Waals surface area contributed by atoms with Crippen LogP contribution in [-0.4, -0.2) is 31.8 Å². The van der Waals surface area contributed by atoms with Crippen LogP contribution in [0.25, 0.3) is 0 Å². The topological polar surface area (TPSA) is 24.5 Å². The molecule has 3 fully saturated rings. The zero-order valence-corrected chi connectivity index (χ0v) is 12.8. The summed E-state index contributed by atoms with van der Waals surface area (Å²) in [6.07, 6.45) is 7.06. The fraction of sp³-hybridized carbons (Fsp3) is 0.667. The number of hydrogen-bond donors (Lipinski definition) is 1. The van der Waals surface area contributed by atoms with Crippen molar-refractivity contribution in [3.8, 4) is 0 Å². The Bertz CT molecular complexity index is 480. The van der Waals surface area contributed by atoms with Crippen LogP contribution in [0.2, 0.25) is 0 Å². The molecule has 2 atom stereocenters. The summed E-state index contributed by atoms with van der Waals surface area (Å²) in [5.41, 5.74) is 2.88. The molecule has 1 N–H and O–H groups in total. The van der Waals surface area contributed by atoms with Gasteiger partial charge in [0.15, 0.2) is 0 Å². The van der Waals surface area contributed by atoms with Crippen LogP contribution in [0, 0.1) is 5.92 Å². The Kier molecular flexibility index (Phi) is 3.87. The summed E-state index contributed by atoms with van der Waals surface area (Å²) in [6, 6.07) is 9.46. The first kappa shape index (κ1) is 13.6. The molecule has 3 heteroatoms. The van der Waals surface area contributed by atoms with Crippen molar-refractivity contribution in [3.05, 3.63) is 29.8 Å². The predicted octanol–water partition coefficient (Wildman–Crippen LogP) is 2.94. The van der Waals surface area contributed by atoms with Crippen molar-refractivity contribution in [1.82, 2.24) is 5.32 Å². The number of nitrogens with one attached hydrogen (secondary N) is 1. The number of hydrogen-bond acceptors (Lipinski definition) is 3. The highest BCUT2D eigenvalue weighted by Gasteiger charge is 2.40. The van der Waals surface area contributed by atoms with Gasteiger partial charge in [-0.05, 0) is 49.7 Å². The second kappa shape index (κ2) is 5.98. The highest BCUT2D eigenvalue weighted by atomic mass is 16.5. The van der Waals surface area contributed by atoms with E-state index in [0.717, 1.165) is 19.1 Å². The van der Waals surface area contributed by atoms with Crippen LogP contribution < -0.4 is 10.2 Å². The maximum absolute atomic E-state index is 5.94. The first-order valence-electron chi connectivity index (χ1n) is 8.59. The summed E-state index contributed by atoms with van der Waals surface area (Å²) in [6.45, 7) is 4.35. The molecule has 3 nitrogen and oxygen atoms in total. The van der Waals surface area contributed by atoms with E-state index >= 15 is 0 Å². The minimum absolute atomic E-state index is 0.476. The maximum Gasteiger partial charge on any atom is 0.0757 e. The van der Waals surface area contributed by atoms with Gasteiger partial charge < -0.3 is 15.0 Å². The van der Waals surface area contributed by atoms with Gasteiger partial charge in [0.1, 0.15) is 0 Å². The molecule has 0 bridgehead atoms. The summed E-state index contributed by atoms with van der Waals surface area (Å²) >= 11 is 0. The third-order valence-corrected chi connectivity index (χ3v) is 5.22. The highest BCUT2D eigenvalue weighted by Crippen LogP contribution is 2.39. The molecule has 0 spiro atoms. The zero-order chi connectivity index (χ0) is 14.1. The van der Waals surface area contributed by atoms with Gasteiger partial charge in [-0.3, -0.25) is 0 Å². The largest absolute Gasteiger partial charge is 0.376 e. The molecule has 4 rings (SSSR count). The predicted molar refractivity (Wildman–Crippen MR) is 85.6 cm³/mol. The lowest BCUT2D eigenvalue weighted by atomic mass is 10.1. The second-order valence-electron chi connectivity index (χ2n) is 6.77. The summed E-state index contributed by atoms with van der Waals surface area (Å²) in [5, 5.41) is 3.78. The van der Waals surface area contributed by atoms with E-state index in [9.17, 15) is 0 Å². The van der Waals surface area contributed by atoms with Crippen molar-refractivity contribution >= 4 is 5.69 Å². The quantitative estimate of drug-likeness (QED) is 0.900. The van der Waals surface area contributed by atoms with Crippen LogP contribution in [0.4, 0.5) is 5.69 Å². The third kappa shape index (κ3) is 2.95. The lowest BCUT2D eigenvalue weighted by molar-refractivity contribution is 0.0809. The minimum atomic E-state index is 0.476. The molecule has 3 aliphatic rings. The SMILES string of the molecule is c1ccc(N2CCCC2)c(CNC2CCOC2C2CC2)c1. The van der Waals surface area contributed by atoms with Crippen molar-refractivity contribution in [3.63, 3.8) is 0 Å². The maximum atomic E-state index is 5.94. The molecule has 0 aromatic heterocycles. The molecular formula is C18H26N2O. The summed E-state index contributed by atoms with van der Waals surface area (Å²) in [7, 11) is 0. The molecule has 2 aliphatic heterocycles. The van der Waals surface area contributed by atoms with Crippen LogP contribution in [0.5, 0.6) is 0 Å². The molecule has 114 valence electrons. The van der Waals surface area contributed by atoms with Gasteiger partial charge in [-0.1, -0.05) is 18.2 Å². The van der Waals surface area contributed by atoms with E-state index in [1.807, 2.05) is 0 Å². The van der Waals surface area contributed by atoms with E-state index < -0.39 is 0 Å². The number of para-hydroxylation sites is 1. The molecule has 2 heterocycles. The first-order valence-corrected chi connectivity index (χ1v) is 8.59. The fourth-order valence-electron chi connectivity index (χ4n) is 3.89. The van der Waals surface area contributed by atoms with Gasteiger partial charge in [-0.25, -0.2) is 0 Å². The van der Waals surface area contributed by atoms with Gasteiger partial charge in [0.2, 0.25) is 0 Å². The number of rotatable bonds is 5. The van der Waals surface area contributed by atoms with Gasteiger partial charge in [-0.15, -0.1) is 0 Å². The van der Waals surface area contributed by atoms with Crippen molar-refractivity contribution in [2.24, 2.45) is 5.92 Å². The Morgan fingerprint density at radius 3 is 2.71 bits per heavy atom. The highest BCUT2D eigenvalue weighted by molar-refractivity contribution is 5.54. The van der Waals surface area contributed by atoms with Gasteiger partial charge >= 0.3 is 0 Å². The van der Waals surface area contributed by atoms with Crippen LogP contribution in [0.1, 0.15) is 37.7 Å². The van der Waals surface area contributed by atoms with Crippen LogP contribution in [0.15, 0.2) is 24.3 Å². The molecule has 0 amide bonds. The number of ether oxygens (including phenoxy) is 1. The van der Waals surface area contributed by atoms with E-state index in [0.29, 0.717) is 12.1 Å². The molecule has 21 heavy (non-hydrogen) atoms. The molecule has 2 saturated heterocycles. The fourth-order valence-corrected chi connectivity index (χ4v) is 3.89. The van der Waals surface area contributed by atoms with Crippen LogP contribution >= 0.6 is 0 Å². The van der Waals surface area contributed by atoms with Crippen molar-refractivity contribution in [1.29, 1.82) is 0 Å². The lowest BCUT2D eigenvalue weighted by Crippen LogP contribution is -2.37. The zero-order valence-electron chi connectivity index (χ0n) is 12.8. The molecular weight excluding hydrogens is 260 g/mol. The summed E-state index contributed by atoms with van der Waals surface area (Å²) in [4.78, 5) is 2.54. The molecule has 1 aliphatic carbocycles. The van der Waals surface area contributed by atoms with Crippen LogP contribution in [-0.2, 0) is 11.3 Å². The van der Waals surface area contributed by atoms with Gasteiger partial charge in [0, 0.05) is 38.0 Å². The third-order valence-electron chi connectivity index (χ3n) is 5.22. The molecule has 0 radical (unpaired) electrons. The normalized spacial score (nSPS) is 29.2. The monoisotopic (exact) mass is 286 g/mol. The Morgan fingerprint density at radius 2 is 1.90 bits per heavy atom. The molecule has 1 aromatic carbocycles. The van der Waals surface area contributed by atoms with Gasteiger partial charge in [-0.2, -0.15) is 0 Å². The van der Waals surface area contributed by atoms with E-state index in [1.54, 1.807) is 0 Å². The smallest absolute Gasteiger partial charge is 0.0757 e.